The Balaban J connectivity index is 1.41. The third-order valence-corrected chi connectivity index (χ3v) is 6.45. The normalized spacial score (nSPS) is 16.8. The number of hydrogen-bond acceptors (Lipinski definition) is 5. The molecule has 0 bridgehead atoms. The molecule has 0 spiro atoms. The van der Waals surface area contributed by atoms with Gasteiger partial charge in [-0.2, -0.15) is 0 Å². The van der Waals surface area contributed by atoms with Crippen molar-refractivity contribution in [1.82, 2.24) is 10.6 Å². The summed E-state index contributed by atoms with van der Waals surface area (Å²) in [4.78, 5) is 37.1. The number of esters is 1. The van der Waals surface area contributed by atoms with Crippen LogP contribution in [0.25, 0.3) is 0 Å². The Bertz CT molecular complexity index is 715. The van der Waals surface area contributed by atoms with E-state index in [2.05, 4.69) is 10.6 Å². The number of rotatable bonds is 10. The molecule has 2 fully saturated rings. The standard InChI is InChI=1S/C22H30N2O4S/c25-20(23-12-16-6-2-1-3-7-16)15-29-19-9-5-4-8-18(19)22(27)24-13-21(26)28-14-17-10-11-17/h4-5,8-9,16-17H,1-3,6-7,10-15H2,(H,23,25)(H,24,27). The Morgan fingerprint density at radius 2 is 1.72 bits per heavy atom. The Hall–Kier alpha value is -2.02. The number of nitrogens with one attached hydrogen (secondary N) is 2. The van der Waals surface area contributed by atoms with Crippen molar-refractivity contribution in [1.29, 1.82) is 0 Å². The quantitative estimate of drug-likeness (QED) is 0.450. The van der Waals surface area contributed by atoms with Crippen LogP contribution in [0.1, 0.15) is 55.3 Å². The molecule has 0 radical (unpaired) electrons. The zero-order valence-corrected chi connectivity index (χ0v) is 17.6. The van der Waals surface area contributed by atoms with Crippen LogP contribution < -0.4 is 10.6 Å². The maximum Gasteiger partial charge on any atom is 0.325 e. The van der Waals surface area contributed by atoms with Crippen LogP contribution in [0.4, 0.5) is 0 Å². The van der Waals surface area contributed by atoms with Crippen LogP contribution in [0.5, 0.6) is 0 Å². The van der Waals surface area contributed by atoms with E-state index in [-0.39, 0.29) is 24.1 Å². The van der Waals surface area contributed by atoms with Gasteiger partial charge < -0.3 is 15.4 Å². The first kappa shape index (κ1) is 21.7. The van der Waals surface area contributed by atoms with Crippen LogP contribution in [0.2, 0.25) is 0 Å². The SMILES string of the molecule is O=C(CSc1ccccc1C(=O)NCC(=O)OCC1CC1)NCC1CCCCC1. The molecule has 0 aromatic heterocycles. The predicted octanol–water partition coefficient (Wildman–Crippen LogP) is 3.16. The van der Waals surface area contributed by atoms with Gasteiger partial charge in [-0.15, -0.1) is 11.8 Å². The second kappa shape index (κ2) is 11.2. The molecule has 2 amide bonds. The van der Waals surface area contributed by atoms with Gasteiger partial charge in [0.25, 0.3) is 5.91 Å². The number of amides is 2. The van der Waals surface area contributed by atoms with Gasteiger partial charge >= 0.3 is 5.97 Å². The Kier molecular flexibility index (Phi) is 8.40. The third kappa shape index (κ3) is 7.72. The van der Waals surface area contributed by atoms with E-state index in [1.165, 1.54) is 43.9 Å². The van der Waals surface area contributed by atoms with E-state index in [1.54, 1.807) is 12.1 Å². The van der Waals surface area contributed by atoms with Crippen LogP contribution in [-0.2, 0) is 14.3 Å². The lowest BCUT2D eigenvalue weighted by atomic mass is 9.89. The highest BCUT2D eigenvalue weighted by molar-refractivity contribution is 8.00. The maximum absolute atomic E-state index is 12.5. The maximum atomic E-state index is 12.5. The molecule has 3 rings (SSSR count). The van der Waals surface area contributed by atoms with Crippen molar-refractivity contribution in [3.8, 4) is 0 Å². The average Bonchev–Trinajstić information content (AvgIpc) is 3.58. The first-order valence-electron chi connectivity index (χ1n) is 10.5. The highest BCUT2D eigenvalue weighted by atomic mass is 32.2. The summed E-state index contributed by atoms with van der Waals surface area (Å²) in [5, 5.41) is 5.63. The van der Waals surface area contributed by atoms with E-state index in [0.29, 0.717) is 24.0 Å². The number of carbonyl (C=O) groups excluding carboxylic acids is 3. The monoisotopic (exact) mass is 418 g/mol. The number of hydrogen-bond donors (Lipinski definition) is 2. The van der Waals surface area contributed by atoms with E-state index in [4.69, 9.17) is 4.74 Å². The molecule has 158 valence electrons. The summed E-state index contributed by atoms with van der Waals surface area (Å²) in [7, 11) is 0. The summed E-state index contributed by atoms with van der Waals surface area (Å²) in [5.74, 6) is 0.586. The van der Waals surface area contributed by atoms with Crippen molar-refractivity contribution in [3.05, 3.63) is 29.8 Å². The lowest BCUT2D eigenvalue weighted by molar-refractivity contribution is -0.142. The van der Waals surface area contributed by atoms with Crippen LogP contribution >= 0.6 is 11.8 Å². The van der Waals surface area contributed by atoms with Crippen molar-refractivity contribution in [2.45, 2.75) is 49.8 Å². The zero-order chi connectivity index (χ0) is 20.5. The Labute approximate surface area is 176 Å². The van der Waals surface area contributed by atoms with Gasteiger partial charge in [-0.1, -0.05) is 31.4 Å². The van der Waals surface area contributed by atoms with Gasteiger partial charge in [-0.3, -0.25) is 14.4 Å². The van der Waals surface area contributed by atoms with Crippen LogP contribution in [-0.4, -0.2) is 43.2 Å². The number of benzene rings is 1. The van der Waals surface area contributed by atoms with Crippen molar-refractivity contribution < 1.29 is 19.1 Å². The molecule has 7 heteroatoms. The summed E-state index contributed by atoms with van der Waals surface area (Å²) in [5.41, 5.74) is 0.465. The van der Waals surface area contributed by atoms with Crippen LogP contribution in [0.15, 0.2) is 29.2 Å². The largest absolute Gasteiger partial charge is 0.464 e. The summed E-state index contributed by atoms with van der Waals surface area (Å²) in [6.07, 6.45) is 8.42. The number of thioether (sulfide) groups is 1. The van der Waals surface area contributed by atoms with E-state index in [1.807, 2.05) is 12.1 Å². The van der Waals surface area contributed by atoms with Crippen LogP contribution in [0.3, 0.4) is 0 Å². The van der Waals surface area contributed by atoms with E-state index >= 15 is 0 Å². The first-order valence-corrected chi connectivity index (χ1v) is 11.5. The van der Waals surface area contributed by atoms with E-state index in [9.17, 15) is 14.4 Å². The highest BCUT2D eigenvalue weighted by Crippen LogP contribution is 2.28. The lowest BCUT2D eigenvalue weighted by Crippen LogP contribution is -2.32. The average molecular weight is 419 g/mol. The highest BCUT2D eigenvalue weighted by Gasteiger charge is 2.23. The molecule has 2 saturated carbocycles. The van der Waals surface area contributed by atoms with Crippen molar-refractivity contribution in [3.63, 3.8) is 0 Å². The summed E-state index contributed by atoms with van der Waals surface area (Å²) in [6.45, 7) is 1.04. The van der Waals surface area contributed by atoms with Gasteiger partial charge in [-0.05, 0) is 49.7 Å². The molecule has 0 heterocycles. The van der Waals surface area contributed by atoms with E-state index < -0.39 is 5.97 Å². The van der Waals surface area contributed by atoms with Gasteiger partial charge in [0.1, 0.15) is 6.54 Å². The predicted molar refractivity (Wildman–Crippen MR) is 113 cm³/mol. The van der Waals surface area contributed by atoms with Crippen LogP contribution in [0, 0.1) is 11.8 Å². The second-order valence-electron chi connectivity index (χ2n) is 7.90. The minimum atomic E-state index is -0.419. The van der Waals surface area contributed by atoms with Gasteiger partial charge in [-0.25, -0.2) is 0 Å². The molecular weight excluding hydrogens is 388 g/mol. The lowest BCUT2D eigenvalue weighted by Gasteiger charge is -2.21. The van der Waals surface area contributed by atoms with Gasteiger partial charge in [0.15, 0.2) is 0 Å². The van der Waals surface area contributed by atoms with Crippen molar-refractivity contribution in [2.24, 2.45) is 11.8 Å². The Morgan fingerprint density at radius 1 is 0.966 bits per heavy atom. The molecule has 29 heavy (non-hydrogen) atoms. The fraction of sp³-hybridized carbons (Fsp3) is 0.591. The fourth-order valence-corrected chi connectivity index (χ4v) is 4.30. The molecule has 0 aliphatic heterocycles. The summed E-state index contributed by atoms with van der Waals surface area (Å²) >= 11 is 1.34. The zero-order valence-electron chi connectivity index (χ0n) is 16.8. The third-order valence-electron chi connectivity index (χ3n) is 5.37. The smallest absolute Gasteiger partial charge is 0.325 e. The molecule has 0 atom stereocenters. The second-order valence-corrected chi connectivity index (χ2v) is 8.92. The number of ether oxygens (including phenoxy) is 1. The van der Waals surface area contributed by atoms with Gasteiger partial charge in [0, 0.05) is 11.4 Å². The van der Waals surface area contributed by atoms with Gasteiger partial charge in [0.05, 0.1) is 17.9 Å². The molecule has 2 aliphatic rings. The topological polar surface area (TPSA) is 84.5 Å². The minimum absolute atomic E-state index is 0.0144. The Morgan fingerprint density at radius 3 is 2.48 bits per heavy atom. The summed E-state index contributed by atoms with van der Waals surface area (Å²) in [6, 6.07) is 7.13. The molecule has 1 aromatic rings. The molecule has 0 unspecified atom stereocenters. The molecular formula is C22H30N2O4S. The molecule has 1 aromatic carbocycles. The van der Waals surface area contributed by atoms with Gasteiger partial charge in [0.2, 0.25) is 5.91 Å². The molecule has 2 aliphatic carbocycles. The first-order chi connectivity index (χ1) is 14.1. The minimum Gasteiger partial charge on any atom is -0.464 e. The van der Waals surface area contributed by atoms with Crippen molar-refractivity contribution >= 4 is 29.5 Å². The van der Waals surface area contributed by atoms with Crippen molar-refractivity contribution in [2.75, 3.05) is 25.4 Å². The fourth-order valence-electron chi connectivity index (χ4n) is 3.42. The van der Waals surface area contributed by atoms with E-state index in [0.717, 1.165) is 24.3 Å². The molecule has 6 nitrogen and oxygen atoms in total. The molecule has 2 N–H and O–H groups in total. The molecule has 0 saturated heterocycles. The summed E-state index contributed by atoms with van der Waals surface area (Å²) < 4.78 is 5.13. The number of carbonyl (C=O) groups is 3.